The number of hydrogen-bond donors (Lipinski definition) is 1. The number of carbonyl (C=O) groups is 2. The summed E-state index contributed by atoms with van der Waals surface area (Å²) >= 11 is 0. The molecule has 1 aromatic carbocycles. The van der Waals surface area contributed by atoms with Crippen molar-refractivity contribution < 1.29 is 19.4 Å². The van der Waals surface area contributed by atoms with Crippen LogP contribution in [0.3, 0.4) is 0 Å². The Morgan fingerprint density at radius 3 is 2.45 bits per heavy atom. The normalized spacial score (nSPS) is 11.9. The monoisotopic (exact) mass is 272 g/mol. The average molecular weight is 272 g/mol. The van der Waals surface area contributed by atoms with E-state index in [1.165, 1.54) is 12.2 Å². The van der Waals surface area contributed by atoms with Crippen LogP contribution in [0, 0.1) is 0 Å². The maximum atomic E-state index is 11.3. The number of carboxylic acids is 1. The highest BCUT2D eigenvalue weighted by molar-refractivity contribution is 6.13. The van der Waals surface area contributed by atoms with Crippen LogP contribution in [0.1, 0.15) is 12.5 Å². The number of rotatable bonds is 6. The summed E-state index contributed by atoms with van der Waals surface area (Å²) in [6.07, 6.45) is 7.98. The molecule has 20 heavy (non-hydrogen) atoms. The van der Waals surface area contributed by atoms with Gasteiger partial charge in [0.2, 0.25) is 0 Å². The Kier molecular flexibility index (Phi) is 6.54. The summed E-state index contributed by atoms with van der Waals surface area (Å²) < 4.78 is 4.65. The van der Waals surface area contributed by atoms with Crippen molar-refractivity contribution >= 4 is 18.0 Å². The molecule has 0 saturated heterocycles. The van der Waals surface area contributed by atoms with E-state index in [0.717, 1.165) is 5.56 Å². The van der Waals surface area contributed by atoms with Crippen LogP contribution in [0.2, 0.25) is 0 Å². The lowest BCUT2D eigenvalue weighted by Crippen LogP contribution is -2.15. The summed E-state index contributed by atoms with van der Waals surface area (Å²) in [5, 5.41) is 8.88. The third-order valence-corrected chi connectivity index (χ3v) is 2.30. The summed E-state index contributed by atoms with van der Waals surface area (Å²) in [6, 6.07) is 9.66. The van der Waals surface area contributed by atoms with Gasteiger partial charge in [-0.3, -0.25) is 0 Å². The van der Waals surface area contributed by atoms with Crippen LogP contribution in [0.4, 0.5) is 0 Å². The molecule has 0 unspecified atom stereocenters. The Balaban J connectivity index is 2.68. The van der Waals surface area contributed by atoms with E-state index in [-0.39, 0.29) is 6.61 Å². The first-order chi connectivity index (χ1) is 9.65. The molecule has 0 fully saturated rings. The van der Waals surface area contributed by atoms with Crippen molar-refractivity contribution in [3.8, 4) is 0 Å². The Bertz CT molecular complexity index is 539. The standard InChI is InChI=1S/C16H16O4/c1-2-20-16(19)14(15(17)18)12-8-4-7-11-13-9-5-3-6-10-13/h3-12H,2H2,1H3,(H,17,18)/b8-4+,11-7+,14-12+. The first-order valence-corrected chi connectivity index (χ1v) is 6.15. The maximum Gasteiger partial charge on any atom is 0.345 e. The largest absolute Gasteiger partial charge is 0.477 e. The Morgan fingerprint density at radius 1 is 1.15 bits per heavy atom. The lowest BCUT2D eigenvalue weighted by molar-refractivity contribution is -0.143. The lowest BCUT2D eigenvalue weighted by Gasteiger charge is -2.00. The van der Waals surface area contributed by atoms with Crippen molar-refractivity contribution in [1.82, 2.24) is 0 Å². The molecule has 104 valence electrons. The van der Waals surface area contributed by atoms with E-state index < -0.39 is 17.5 Å². The van der Waals surface area contributed by atoms with Crippen molar-refractivity contribution in [3.63, 3.8) is 0 Å². The minimum atomic E-state index is -1.31. The van der Waals surface area contributed by atoms with Gasteiger partial charge in [-0.1, -0.05) is 54.6 Å². The maximum absolute atomic E-state index is 11.3. The summed E-state index contributed by atoms with van der Waals surface area (Å²) in [4.78, 5) is 22.2. The third kappa shape index (κ3) is 5.35. The molecule has 0 heterocycles. The van der Waals surface area contributed by atoms with Crippen LogP contribution in [0.15, 0.2) is 60.2 Å². The van der Waals surface area contributed by atoms with Gasteiger partial charge in [-0.2, -0.15) is 0 Å². The molecule has 4 nitrogen and oxygen atoms in total. The summed E-state index contributed by atoms with van der Waals surface area (Å²) in [5.41, 5.74) is 0.640. The Labute approximate surface area is 117 Å². The second-order valence-electron chi connectivity index (χ2n) is 3.76. The molecule has 0 aliphatic rings. The number of allylic oxidation sites excluding steroid dienone is 4. The molecule has 0 saturated carbocycles. The number of benzene rings is 1. The van der Waals surface area contributed by atoms with Crippen LogP contribution in [0.5, 0.6) is 0 Å². The molecule has 1 aromatic rings. The van der Waals surface area contributed by atoms with Gasteiger partial charge in [0, 0.05) is 0 Å². The third-order valence-electron chi connectivity index (χ3n) is 2.30. The van der Waals surface area contributed by atoms with Gasteiger partial charge < -0.3 is 9.84 Å². The minimum Gasteiger partial charge on any atom is -0.477 e. The van der Waals surface area contributed by atoms with Gasteiger partial charge in [0.15, 0.2) is 0 Å². The topological polar surface area (TPSA) is 63.6 Å². The molecule has 0 aromatic heterocycles. The number of hydrogen-bond acceptors (Lipinski definition) is 3. The lowest BCUT2D eigenvalue weighted by atomic mass is 10.2. The zero-order valence-corrected chi connectivity index (χ0v) is 11.2. The van der Waals surface area contributed by atoms with Crippen LogP contribution in [0.25, 0.3) is 6.08 Å². The van der Waals surface area contributed by atoms with Gasteiger partial charge in [0.25, 0.3) is 0 Å². The number of carboxylic acid groups (broad SMARTS) is 1. The highest BCUT2D eigenvalue weighted by Gasteiger charge is 2.16. The second kappa shape index (κ2) is 8.48. The highest BCUT2D eigenvalue weighted by atomic mass is 16.5. The van der Waals surface area contributed by atoms with E-state index >= 15 is 0 Å². The van der Waals surface area contributed by atoms with Crippen LogP contribution < -0.4 is 0 Å². The molecule has 0 atom stereocenters. The van der Waals surface area contributed by atoms with Crippen molar-refractivity contribution in [2.45, 2.75) is 6.92 Å². The van der Waals surface area contributed by atoms with Gasteiger partial charge in [-0.15, -0.1) is 0 Å². The van der Waals surface area contributed by atoms with Gasteiger partial charge in [0.05, 0.1) is 6.61 Å². The van der Waals surface area contributed by atoms with Gasteiger partial charge in [-0.05, 0) is 18.6 Å². The van der Waals surface area contributed by atoms with E-state index in [9.17, 15) is 9.59 Å². The van der Waals surface area contributed by atoms with Gasteiger partial charge in [0.1, 0.15) is 5.57 Å². The molecule has 1 rings (SSSR count). The first-order valence-electron chi connectivity index (χ1n) is 6.15. The fraction of sp³-hybridized carbons (Fsp3) is 0.125. The minimum absolute atomic E-state index is 0.140. The van der Waals surface area contributed by atoms with E-state index in [1.54, 1.807) is 19.1 Å². The Hall–Kier alpha value is -2.62. The zero-order chi connectivity index (χ0) is 14.8. The average Bonchev–Trinajstić information content (AvgIpc) is 2.43. The number of carbonyl (C=O) groups excluding carboxylic acids is 1. The number of aliphatic carboxylic acids is 1. The molecule has 0 bridgehead atoms. The van der Waals surface area contributed by atoms with Gasteiger partial charge in [-0.25, -0.2) is 9.59 Å². The fourth-order valence-electron chi connectivity index (χ4n) is 1.38. The van der Waals surface area contributed by atoms with E-state index in [0.29, 0.717) is 0 Å². The smallest absolute Gasteiger partial charge is 0.345 e. The molecule has 0 aliphatic carbocycles. The van der Waals surface area contributed by atoms with E-state index in [1.807, 2.05) is 36.4 Å². The van der Waals surface area contributed by atoms with Crippen LogP contribution in [-0.2, 0) is 14.3 Å². The molecular weight excluding hydrogens is 256 g/mol. The summed E-state index contributed by atoms with van der Waals surface area (Å²) in [6.45, 7) is 1.76. The van der Waals surface area contributed by atoms with Crippen LogP contribution in [-0.4, -0.2) is 23.7 Å². The molecule has 0 aliphatic heterocycles. The SMILES string of the molecule is CCOC(=O)/C(=C/C=C/C=C/c1ccccc1)C(=O)O. The summed E-state index contributed by atoms with van der Waals surface area (Å²) in [7, 11) is 0. The zero-order valence-electron chi connectivity index (χ0n) is 11.2. The summed E-state index contributed by atoms with van der Waals surface area (Å²) in [5.74, 6) is -2.14. The second-order valence-corrected chi connectivity index (χ2v) is 3.76. The quantitative estimate of drug-likeness (QED) is 0.284. The first kappa shape index (κ1) is 15.4. The molecule has 1 N–H and O–H groups in total. The molecular formula is C16H16O4. The predicted molar refractivity (Wildman–Crippen MR) is 77.0 cm³/mol. The van der Waals surface area contributed by atoms with Gasteiger partial charge >= 0.3 is 11.9 Å². The van der Waals surface area contributed by atoms with Crippen molar-refractivity contribution in [3.05, 3.63) is 65.8 Å². The van der Waals surface area contributed by atoms with Crippen molar-refractivity contribution in [1.29, 1.82) is 0 Å². The van der Waals surface area contributed by atoms with Crippen molar-refractivity contribution in [2.24, 2.45) is 0 Å². The molecule has 0 radical (unpaired) electrons. The molecule has 4 heteroatoms. The molecule has 0 spiro atoms. The Morgan fingerprint density at radius 2 is 1.85 bits per heavy atom. The number of ether oxygens (including phenoxy) is 1. The highest BCUT2D eigenvalue weighted by Crippen LogP contribution is 2.02. The predicted octanol–water partition coefficient (Wildman–Crippen LogP) is 2.83. The number of esters is 1. The molecule has 0 amide bonds. The van der Waals surface area contributed by atoms with Crippen molar-refractivity contribution in [2.75, 3.05) is 6.61 Å². The fourth-order valence-corrected chi connectivity index (χ4v) is 1.38. The van der Waals surface area contributed by atoms with E-state index in [4.69, 9.17) is 5.11 Å². The van der Waals surface area contributed by atoms with Crippen LogP contribution >= 0.6 is 0 Å². The van der Waals surface area contributed by atoms with E-state index in [2.05, 4.69) is 4.74 Å².